The van der Waals surface area contributed by atoms with Crippen LogP contribution in [-0.2, 0) is 6.54 Å². The molecule has 0 bridgehead atoms. The average molecular weight is 209 g/mol. The van der Waals surface area contributed by atoms with Crippen molar-refractivity contribution in [1.82, 2.24) is 14.8 Å². The summed E-state index contributed by atoms with van der Waals surface area (Å²) in [5, 5.41) is 6.21. The van der Waals surface area contributed by atoms with E-state index in [2.05, 4.69) is 10.1 Å². The molecule has 0 spiro atoms. The fourth-order valence-corrected chi connectivity index (χ4v) is 1.58. The van der Waals surface area contributed by atoms with Crippen molar-refractivity contribution in [2.75, 3.05) is 0 Å². The molecule has 0 saturated heterocycles. The van der Waals surface area contributed by atoms with E-state index in [1.807, 2.05) is 48.7 Å². The molecule has 0 aliphatic rings. The van der Waals surface area contributed by atoms with Crippen LogP contribution in [0.1, 0.15) is 25.1 Å². The fraction of sp³-hybridized carbons (Fsp3) is 0.400. The van der Waals surface area contributed by atoms with E-state index in [0.29, 0.717) is 0 Å². The van der Waals surface area contributed by atoms with Gasteiger partial charge in [0.25, 0.3) is 0 Å². The molecule has 4 heteroatoms. The highest BCUT2D eigenvalue weighted by Crippen LogP contribution is 2.03. The minimum atomic E-state index is 0.775. The first-order valence-corrected chi connectivity index (χ1v) is 5.65. The summed E-state index contributed by atoms with van der Waals surface area (Å²) in [6.07, 6.45) is 3.87. The lowest BCUT2D eigenvalue weighted by Gasteiger charge is -1.95. The molecule has 0 N–H and O–H groups in total. The number of hydrogen-bond donors (Lipinski definition) is 0. The molecule has 2 aromatic rings. The third-order valence-corrected chi connectivity index (χ3v) is 2.21. The quantitative estimate of drug-likeness (QED) is 0.761. The predicted octanol–water partition coefficient (Wildman–Crippen LogP) is 2.72. The number of aryl methyl sites for hydroxylation is 1. The summed E-state index contributed by atoms with van der Waals surface area (Å²) in [7, 11) is 0. The van der Waals surface area contributed by atoms with E-state index in [1.54, 1.807) is 11.3 Å². The fourth-order valence-electron chi connectivity index (χ4n) is 1.04. The minimum absolute atomic E-state index is 0.775. The van der Waals surface area contributed by atoms with Crippen LogP contribution in [0.15, 0.2) is 23.3 Å². The molecule has 3 nitrogen and oxygen atoms in total. The van der Waals surface area contributed by atoms with Gasteiger partial charge in [-0.3, -0.25) is 4.68 Å². The van der Waals surface area contributed by atoms with Crippen molar-refractivity contribution < 1.29 is 0 Å². The minimum Gasteiger partial charge on any atom is -0.266 e. The van der Waals surface area contributed by atoms with Crippen LogP contribution in [0.2, 0.25) is 0 Å². The molecular weight excluding hydrogens is 194 g/mol. The molecule has 0 aromatic carbocycles. The standard InChI is InChI=1S/C8H9N3S.C2H6/c1-7-2-10-11(3-7)4-8-5-12-6-9-8;1-2/h2-3,5-6H,4H2,1H3;1-2H3. The van der Waals surface area contributed by atoms with E-state index < -0.39 is 0 Å². The van der Waals surface area contributed by atoms with Gasteiger partial charge in [0.15, 0.2) is 0 Å². The van der Waals surface area contributed by atoms with Crippen molar-refractivity contribution in [2.24, 2.45) is 0 Å². The largest absolute Gasteiger partial charge is 0.266 e. The van der Waals surface area contributed by atoms with Gasteiger partial charge in [-0.25, -0.2) is 4.98 Å². The Balaban J connectivity index is 0.000000461. The van der Waals surface area contributed by atoms with E-state index >= 15 is 0 Å². The van der Waals surface area contributed by atoms with Crippen LogP contribution in [-0.4, -0.2) is 14.8 Å². The molecule has 0 amide bonds. The van der Waals surface area contributed by atoms with Crippen LogP contribution in [0.4, 0.5) is 0 Å². The van der Waals surface area contributed by atoms with Gasteiger partial charge in [-0.15, -0.1) is 11.3 Å². The maximum Gasteiger partial charge on any atom is 0.0839 e. The summed E-state index contributed by atoms with van der Waals surface area (Å²) in [5.41, 5.74) is 4.10. The molecule has 0 aliphatic carbocycles. The Kier molecular flexibility index (Phi) is 4.32. The van der Waals surface area contributed by atoms with Gasteiger partial charge in [0, 0.05) is 11.6 Å². The van der Waals surface area contributed by atoms with Gasteiger partial charge in [0.1, 0.15) is 0 Å². The molecular formula is C10H15N3S. The molecule has 2 rings (SSSR count). The monoisotopic (exact) mass is 209 g/mol. The Morgan fingerprint density at radius 2 is 2.21 bits per heavy atom. The summed E-state index contributed by atoms with van der Waals surface area (Å²) in [4.78, 5) is 4.18. The summed E-state index contributed by atoms with van der Waals surface area (Å²) in [5.74, 6) is 0. The Morgan fingerprint density at radius 1 is 1.43 bits per heavy atom. The van der Waals surface area contributed by atoms with Gasteiger partial charge < -0.3 is 0 Å². The average Bonchev–Trinajstić information content (AvgIpc) is 2.82. The van der Waals surface area contributed by atoms with Gasteiger partial charge in [0.2, 0.25) is 0 Å². The Morgan fingerprint density at radius 3 is 2.71 bits per heavy atom. The third kappa shape index (κ3) is 2.96. The van der Waals surface area contributed by atoms with Crippen LogP contribution >= 0.6 is 11.3 Å². The first-order valence-electron chi connectivity index (χ1n) is 4.71. The lowest BCUT2D eigenvalue weighted by atomic mass is 10.4. The molecule has 0 saturated carbocycles. The van der Waals surface area contributed by atoms with Crippen LogP contribution in [0, 0.1) is 6.92 Å². The molecule has 0 atom stereocenters. The van der Waals surface area contributed by atoms with Gasteiger partial charge in [-0.2, -0.15) is 5.10 Å². The normalized spacial score (nSPS) is 9.36. The molecule has 2 heterocycles. The van der Waals surface area contributed by atoms with Crippen molar-refractivity contribution in [3.05, 3.63) is 34.5 Å². The first kappa shape index (κ1) is 10.9. The van der Waals surface area contributed by atoms with Crippen LogP contribution in [0.3, 0.4) is 0 Å². The van der Waals surface area contributed by atoms with Crippen LogP contribution in [0.5, 0.6) is 0 Å². The smallest absolute Gasteiger partial charge is 0.0839 e. The van der Waals surface area contributed by atoms with Crippen LogP contribution < -0.4 is 0 Å². The van der Waals surface area contributed by atoms with E-state index in [4.69, 9.17) is 0 Å². The van der Waals surface area contributed by atoms with Gasteiger partial charge >= 0.3 is 0 Å². The topological polar surface area (TPSA) is 30.7 Å². The SMILES string of the molecule is CC.Cc1cnn(Cc2cscn2)c1. The second-order valence-corrected chi connectivity index (χ2v) is 3.41. The highest BCUT2D eigenvalue weighted by atomic mass is 32.1. The maximum absolute atomic E-state index is 4.18. The molecule has 0 radical (unpaired) electrons. The zero-order chi connectivity index (χ0) is 10.4. The second kappa shape index (κ2) is 5.54. The molecule has 0 aliphatic heterocycles. The lowest BCUT2D eigenvalue weighted by Crippen LogP contribution is -1.99. The lowest BCUT2D eigenvalue weighted by molar-refractivity contribution is 0.675. The molecule has 0 fully saturated rings. The third-order valence-electron chi connectivity index (χ3n) is 1.57. The summed E-state index contributed by atoms with van der Waals surface area (Å²) in [6, 6.07) is 0. The van der Waals surface area contributed by atoms with Crippen molar-refractivity contribution >= 4 is 11.3 Å². The second-order valence-electron chi connectivity index (χ2n) is 2.70. The summed E-state index contributed by atoms with van der Waals surface area (Å²) in [6.45, 7) is 6.81. The summed E-state index contributed by atoms with van der Waals surface area (Å²) < 4.78 is 1.89. The predicted molar refractivity (Wildman–Crippen MR) is 59.5 cm³/mol. The van der Waals surface area contributed by atoms with Crippen molar-refractivity contribution in [3.63, 3.8) is 0 Å². The Labute approximate surface area is 88.4 Å². The van der Waals surface area contributed by atoms with E-state index in [-0.39, 0.29) is 0 Å². The molecule has 14 heavy (non-hydrogen) atoms. The Bertz CT molecular complexity index is 351. The maximum atomic E-state index is 4.18. The van der Waals surface area contributed by atoms with E-state index in [9.17, 15) is 0 Å². The van der Waals surface area contributed by atoms with Gasteiger partial charge in [-0.05, 0) is 12.5 Å². The van der Waals surface area contributed by atoms with Crippen LogP contribution in [0.25, 0.3) is 0 Å². The van der Waals surface area contributed by atoms with E-state index in [1.165, 1.54) is 5.56 Å². The zero-order valence-electron chi connectivity index (χ0n) is 8.77. The van der Waals surface area contributed by atoms with Gasteiger partial charge in [0.05, 0.1) is 23.9 Å². The highest BCUT2D eigenvalue weighted by molar-refractivity contribution is 7.07. The van der Waals surface area contributed by atoms with Crippen molar-refractivity contribution in [3.8, 4) is 0 Å². The van der Waals surface area contributed by atoms with Crippen molar-refractivity contribution in [1.29, 1.82) is 0 Å². The van der Waals surface area contributed by atoms with E-state index in [0.717, 1.165) is 12.2 Å². The number of hydrogen-bond acceptors (Lipinski definition) is 3. The summed E-state index contributed by atoms with van der Waals surface area (Å²) >= 11 is 1.61. The first-order chi connectivity index (χ1) is 6.84. The van der Waals surface area contributed by atoms with Gasteiger partial charge in [-0.1, -0.05) is 13.8 Å². The number of rotatable bonds is 2. The number of thiazole rings is 1. The molecule has 2 aromatic heterocycles. The van der Waals surface area contributed by atoms with Crippen molar-refractivity contribution in [2.45, 2.75) is 27.3 Å². The zero-order valence-corrected chi connectivity index (χ0v) is 9.58. The molecule has 0 unspecified atom stereocenters. The number of aromatic nitrogens is 3. The molecule has 76 valence electrons. The Hall–Kier alpha value is -1.16. The number of nitrogens with zero attached hydrogens (tertiary/aromatic N) is 3. The highest BCUT2D eigenvalue weighted by Gasteiger charge is 1.97.